The van der Waals surface area contributed by atoms with Crippen LogP contribution in [0.25, 0.3) is 0 Å². The number of hydrogen-bond acceptors (Lipinski definition) is 5. The van der Waals surface area contributed by atoms with E-state index in [-0.39, 0.29) is 5.91 Å². The van der Waals surface area contributed by atoms with Crippen LogP contribution in [-0.4, -0.2) is 62.6 Å². The van der Waals surface area contributed by atoms with Crippen molar-refractivity contribution in [2.75, 3.05) is 44.7 Å². The number of carbonyl (C=O) groups excluding carboxylic acids is 3. The molecule has 0 unspecified atom stereocenters. The zero-order valence-electron chi connectivity index (χ0n) is 15.6. The summed E-state index contributed by atoms with van der Waals surface area (Å²) < 4.78 is 5.40. The lowest BCUT2D eigenvalue weighted by molar-refractivity contribution is -0.131. The highest BCUT2D eigenvalue weighted by molar-refractivity contribution is 6.30. The van der Waals surface area contributed by atoms with Crippen LogP contribution in [0.3, 0.4) is 0 Å². The van der Waals surface area contributed by atoms with Crippen LogP contribution >= 0.6 is 11.6 Å². The molecule has 9 heteroatoms. The molecule has 4 amide bonds. The summed E-state index contributed by atoms with van der Waals surface area (Å²) in [6, 6.07) is 4.99. The Balaban J connectivity index is 1.74. The van der Waals surface area contributed by atoms with Crippen molar-refractivity contribution in [3.63, 3.8) is 0 Å². The van der Waals surface area contributed by atoms with E-state index in [1.54, 1.807) is 13.2 Å². The van der Waals surface area contributed by atoms with Crippen molar-refractivity contribution in [3.05, 3.63) is 23.2 Å². The molecular formula is C18H25ClN4O4. The van der Waals surface area contributed by atoms with Gasteiger partial charge in [-0.05, 0) is 18.6 Å². The third kappa shape index (κ3) is 6.32. The highest BCUT2D eigenvalue weighted by Crippen LogP contribution is 2.31. The maximum atomic E-state index is 12.3. The van der Waals surface area contributed by atoms with Crippen LogP contribution in [0.1, 0.15) is 19.8 Å². The lowest BCUT2D eigenvalue weighted by atomic mass is 10.2. The number of halogens is 1. The SMILES string of the molecule is COc1cc(Cl)ccc1N1CCN(C(=O)CCCNC(=O)NC(C)=O)CC1. The second-order valence-corrected chi connectivity index (χ2v) is 6.66. The molecule has 0 spiro atoms. The molecule has 0 aliphatic carbocycles. The number of urea groups is 1. The number of methoxy groups -OCH3 is 1. The summed E-state index contributed by atoms with van der Waals surface area (Å²) in [7, 11) is 1.61. The first-order valence-corrected chi connectivity index (χ1v) is 9.20. The quantitative estimate of drug-likeness (QED) is 0.713. The van der Waals surface area contributed by atoms with Gasteiger partial charge in [0.2, 0.25) is 11.8 Å². The largest absolute Gasteiger partial charge is 0.495 e. The Morgan fingerprint density at radius 1 is 1.19 bits per heavy atom. The molecule has 1 aliphatic rings. The number of nitrogens with zero attached hydrogens (tertiary/aromatic N) is 2. The molecule has 1 heterocycles. The molecule has 1 aliphatic heterocycles. The van der Waals surface area contributed by atoms with Gasteiger partial charge in [0.15, 0.2) is 0 Å². The van der Waals surface area contributed by atoms with Crippen LogP contribution in [0, 0.1) is 0 Å². The van der Waals surface area contributed by atoms with Gasteiger partial charge < -0.3 is 19.9 Å². The molecule has 8 nitrogen and oxygen atoms in total. The van der Waals surface area contributed by atoms with E-state index in [0.29, 0.717) is 50.6 Å². The summed E-state index contributed by atoms with van der Waals surface area (Å²) in [5.41, 5.74) is 0.967. The van der Waals surface area contributed by atoms with Gasteiger partial charge in [0, 0.05) is 57.2 Å². The van der Waals surface area contributed by atoms with E-state index in [2.05, 4.69) is 15.5 Å². The minimum Gasteiger partial charge on any atom is -0.495 e. The predicted molar refractivity (Wildman–Crippen MR) is 103 cm³/mol. The number of ether oxygens (including phenoxy) is 1. The first-order valence-electron chi connectivity index (χ1n) is 8.82. The van der Waals surface area contributed by atoms with Crippen molar-refractivity contribution in [1.82, 2.24) is 15.5 Å². The molecule has 1 aromatic rings. The molecule has 2 rings (SSSR count). The molecule has 1 aromatic carbocycles. The van der Waals surface area contributed by atoms with E-state index < -0.39 is 11.9 Å². The number of carbonyl (C=O) groups is 3. The number of nitrogens with one attached hydrogen (secondary N) is 2. The summed E-state index contributed by atoms with van der Waals surface area (Å²) in [5, 5.41) is 5.28. The van der Waals surface area contributed by atoms with E-state index in [9.17, 15) is 14.4 Å². The maximum absolute atomic E-state index is 12.3. The van der Waals surface area contributed by atoms with Crippen molar-refractivity contribution in [1.29, 1.82) is 0 Å². The van der Waals surface area contributed by atoms with Crippen LogP contribution in [0.15, 0.2) is 18.2 Å². The lowest BCUT2D eigenvalue weighted by Crippen LogP contribution is -2.49. The van der Waals surface area contributed by atoms with E-state index in [1.807, 2.05) is 17.0 Å². The number of imide groups is 1. The Bertz CT molecular complexity index is 690. The van der Waals surface area contributed by atoms with Gasteiger partial charge in [-0.3, -0.25) is 14.9 Å². The van der Waals surface area contributed by atoms with E-state index in [4.69, 9.17) is 16.3 Å². The van der Waals surface area contributed by atoms with E-state index in [0.717, 1.165) is 11.4 Å². The monoisotopic (exact) mass is 396 g/mol. The number of benzene rings is 1. The van der Waals surface area contributed by atoms with Crippen LogP contribution in [0.2, 0.25) is 5.02 Å². The fraction of sp³-hybridized carbons (Fsp3) is 0.500. The third-order valence-electron chi connectivity index (χ3n) is 4.26. The van der Waals surface area contributed by atoms with Gasteiger partial charge >= 0.3 is 6.03 Å². The van der Waals surface area contributed by atoms with Gasteiger partial charge in [0.1, 0.15) is 5.75 Å². The maximum Gasteiger partial charge on any atom is 0.321 e. The highest BCUT2D eigenvalue weighted by Gasteiger charge is 2.22. The third-order valence-corrected chi connectivity index (χ3v) is 4.49. The topological polar surface area (TPSA) is 91.0 Å². The molecule has 0 saturated carbocycles. The molecular weight excluding hydrogens is 372 g/mol. The molecule has 27 heavy (non-hydrogen) atoms. The predicted octanol–water partition coefficient (Wildman–Crippen LogP) is 1.62. The van der Waals surface area contributed by atoms with Gasteiger partial charge in [0.05, 0.1) is 12.8 Å². The van der Waals surface area contributed by atoms with Crippen molar-refractivity contribution in [2.45, 2.75) is 19.8 Å². The molecule has 0 bridgehead atoms. The summed E-state index contributed by atoms with van der Waals surface area (Å²) in [5.74, 6) is 0.363. The smallest absolute Gasteiger partial charge is 0.321 e. The zero-order valence-corrected chi connectivity index (χ0v) is 16.3. The normalized spacial score (nSPS) is 13.9. The molecule has 2 N–H and O–H groups in total. The fourth-order valence-electron chi connectivity index (χ4n) is 2.91. The van der Waals surface area contributed by atoms with E-state index in [1.165, 1.54) is 6.92 Å². The molecule has 148 valence electrons. The van der Waals surface area contributed by atoms with Crippen LogP contribution < -0.4 is 20.3 Å². The summed E-state index contributed by atoms with van der Waals surface area (Å²) >= 11 is 6.01. The van der Waals surface area contributed by atoms with Gasteiger partial charge in [-0.1, -0.05) is 11.6 Å². The number of piperazine rings is 1. The van der Waals surface area contributed by atoms with Gasteiger partial charge in [0.25, 0.3) is 0 Å². The van der Waals surface area contributed by atoms with Crippen molar-refractivity contribution >= 4 is 35.1 Å². The standard InChI is InChI=1S/C18H25ClN4O4/c1-13(24)21-18(26)20-7-3-4-17(25)23-10-8-22(9-11-23)15-6-5-14(19)12-16(15)27-2/h5-6,12H,3-4,7-11H2,1-2H3,(H2,20,21,24,26). The minimum absolute atomic E-state index is 0.0616. The highest BCUT2D eigenvalue weighted by atomic mass is 35.5. The second-order valence-electron chi connectivity index (χ2n) is 6.22. The van der Waals surface area contributed by atoms with Crippen molar-refractivity contribution in [3.8, 4) is 5.75 Å². The molecule has 0 radical (unpaired) electrons. The number of amides is 4. The summed E-state index contributed by atoms with van der Waals surface area (Å²) in [6.45, 7) is 4.28. The van der Waals surface area contributed by atoms with Gasteiger partial charge in [-0.2, -0.15) is 0 Å². The molecule has 1 fully saturated rings. The van der Waals surface area contributed by atoms with Gasteiger partial charge in [-0.25, -0.2) is 4.79 Å². The Hall–Kier alpha value is -2.48. The molecule has 1 saturated heterocycles. The Labute approximate surface area is 163 Å². The fourth-order valence-corrected chi connectivity index (χ4v) is 3.08. The van der Waals surface area contributed by atoms with Gasteiger partial charge in [-0.15, -0.1) is 0 Å². The lowest BCUT2D eigenvalue weighted by Gasteiger charge is -2.36. The molecule has 0 atom stereocenters. The minimum atomic E-state index is -0.541. The number of anilines is 1. The first kappa shape index (κ1) is 20.8. The Morgan fingerprint density at radius 3 is 2.52 bits per heavy atom. The van der Waals surface area contributed by atoms with Crippen molar-refractivity contribution in [2.24, 2.45) is 0 Å². The van der Waals surface area contributed by atoms with Crippen molar-refractivity contribution < 1.29 is 19.1 Å². The first-order chi connectivity index (χ1) is 12.9. The van der Waals surface area contributed by atoms with Crippen LogP contribution in [0.4, 0.5) is 10.5 Å². The Morgan fingerprint density at radius 2 is 1.89 bits per heavy atom. The number of rotatable bonds is 6. The van der Waals surface area contributed by atoms with Crippen LogP contribution in [0.5, 0.6) is 5.75 Å². The zero-order chi connectivity index (χ0) is 19.8. The summed E-state index contributed by atoms with van der Waals surface area (Å²) in [4.78, 5) is 38.3. The average molecular weight is 397 g/mol. The van der Waals surface area contributed by atoms with E-state index >= 15 is 0 Å². The summed E-state index contributed by atoms with van der Waals surface area (Å²) in [6.07, 6.45) is 0.875. The average Bonchev–Trinajstić information content (AvgIpc) is 2.64. The van der Waals surface area contributed by atoms with Crippen LogP contribution in [-0.2, 0) is 9.59 Å². The second kappa shape index (κ2) is 10.0. The Kier molecular flexibility index (Phi) is 7.72. The molecule has 0 aromatic heterocycles. The number of hydrogen-bond donors (Lipinski definition) is 2.